The van der Waals surface area contributed by atoms with Crippen LogP contribution in [0.15, 0.2) is 79.0 Å². The Hall–Kier alpha value is -3.17. The van der Waals surface area contributed by atoms with Crippen molar-refractivity contribution in [2.75, 3.05) is 0 Å². The Morgan fingerprint density at radius 2 is 1.68 bits per heavy atom. The molecule has 3 aromatic heterocycles. The normalized spacial score (nSPS) is 11.9. The molecule has 3 aromatic carbocycles. The second-order valence-corrected chi connectivity index (χ2v) is 8.27. The molecule has 3 heteroatoms. The molecule has 0 fully saturated rings. The third-order valence-electron chi connectivity index (χ3n) is 5.61. The molecular formula is C25H18N2S. The Kier molecular flexibility index (Phi) is 3.35. The SMILES string of the molecule is CCc1ccc2c(c1)c1ccccc1n2-c1ccc2c(c1)sc1cccnc12. The van der Waals surface area contributed by atoms with Crippen molar-refractivity contribution in [1.29, 1.82) is 0 Å². The first-order valence-electron chi connectivity index (χ1n) is 9.63. The molecule has 0 atom stereocenters. The van der Waals surface area contributed by atoms with Gasteiger partial charge in [-0.1, -0.05) is 31.2 Å². The minimum Gasteiger partial charge on any atom is -0.309 e. The standard InChI is InChI=1S/C25H18N2S/c1-2-16-9-12-22-20(14-16)18-6-3-4-7-21(18)27(22)17-10-11-19-24(15-17)28-23-8-5-13-26-25(19)23/h3-15H,2H2,1H3. The highest BCUT2D eigenvalue weighted by Crippen LogP contribution is 2.37. The Bertz CT molecular complexity index is 1500. The number of hydrogen-bond donors (Lipinski definition) is 0. The number of fused-ring (bicyclic) bond motifs is 6. The first kappa shape index (κ1) is 15.8. The predicted octanol–water partition coefficient (Wildman–Crippen LogP) is 7.11. The van der Waals surface area contributed by atoms with Gasteiger partial charge in [-0.3, -0.25) is 4.98 Å². The third kappa shape index (κ3) is 2.17. The van der Waals surface area contributed by atoms with Gasteiger partial charge in [0.2, 0.25) is 0 Å². The molecule has 0 spiro atoms. The molecule has 0 aliphatic rings. The fourth-order valence-corrected chi connectivity index (χ4v) is 5.34. The molecule has 6 aromatic rings. The van der Waals surface area contributed by atoms with E-state index in [0.717, 1.165) is 11.9 Å². The molecule has 0 bridgehead atoms. The quantitative estimate of drug-likeness (QED) is 0.314. The third-order valence-corrected chi connectivity index (χ3v) is 6.72. The molecular weight excluding hydrogens is 360 g/mol. The van der Waals surface area contributed by atoms with Crippen LogP contribution in [-0.4, -0.2) is 9.55 Å². The fourth-order valence-electron chi connectivity index (χ4n) is 4.24. The maximum atomic E-state index is 4.58. The summed E-state index contributed by atoms with van der Waals surface area (Å²) in [4.78, 5) is 4.58. The van der Waals surface area contributed by atoms with E-state index in [4.69, 9.17) is 0 Å². The van der Waals surface area contributed by atoms with Crippen LogP contribution in [0.25, 0.3) is 47.8 Å². The summed E-state index contributed by atoms with van der Waals surface area (Å²) >= 11 is 1.81. The highest BCUT2D eigenvalue weighted by atomic mass is 32.1. The highest BCUT2D eigenvalue weighted by molar-refractivity contribution is 7.25. The summed E-state index contributed by atoms with van der Waals surface area (Å²) in [6.07, 6.45) is 2.93. The van der Waals surface area contributed by atoms with Gasteiger partial charge >= 0.3 is 0 Å². The number of para-hydroxylation sites is 1. The zero-order chi connectivity index (χ0) is 18.7. The summed E-state index contributed by atoms with van der Waals surface area (Å²) in [7, 11) is 0. The molecule has 6 rings (SSSR count). The molecule has 2 nitrogen and oxygen atoms in total. The molecule has 0 saturated heterocycles. The molecule has 0 aliphatic heterocycles. The van der Waals surface area contributed by atoms with Gasteiger partial charge in [-0.25, -0.2) is 0 Å². The van der Waals surface area contributed by atoms with Crippen molar-refractivity contribution in [3.63, 3.8) is 0 Å². The van der Waals surface area contributed by atoms with Crippen LogP contribution < -0.4 is 0 Å². The topological polar surface area (TPSA) is 17.8 Å². The van der Waals surface area contributed by atoms with Crippen LogP contribution in [0.2, 0.25) is 0 Å². The first-order chi connectivity index (χ1) is 13.8. The van der Waals surface area contributed by atoms with Crippen LogP contribution in [0.3, 0.4) is 0 Å². The van der Waals surface area contributed by atoms with Gasteiger partial charge in [-0.2, -0.15) is 0 Å². The monoisotopic (exact) mass is 378 g/mol. The summed E-state index contributed by atoms with van der Waals surface area (Å²) in [5.41, 5.74) is 6.20. The lowest BCUT2D eigenvalue weighted by molar-refractivity contribution is 1.14. The minimum absolute atomic E-state index is 1.05. The van der Waals surface area contributed by atoms with Crippen molar-refractivity contribution in [1.82, 2.24) is 9.55 Å². The van der Waals surface area contributed by atoms with Gasteiger partial charge < -0.3 is 4.57 Å². The zero-order valence-corrected chi connectivity index (χ0v) is 16.3. The molecule has 0 radical (unpaired) electrons. The van der Waals surface area contributed by atoms with Crippen molar-refractivity contribution < 1.29 is 0 Å². The average Bonchev–Trinajstić information content (AvgIpc) is 3.28. The predicted molar refractivity (Wildman–Crippen MR) is 121 cm³/mol. The number of aromatic nitrogens is 2. The second-order valence-electron chi connectivity index (χ2n) is 7.19. The van der Waals surface area contributed by atoms with Crippen molar-refractivity contribution in [3.8, 4) is 5.69 Å². The van der Waals surface area contributed by atoms with E-state index in [0.29, 0.717) is 0 Å². The summed E-state index contributed by atoms with van der Waals surface area (Å²) in [5.74, 6) is 0. The number of aryl methyl sites for hydroxylation is 1. The van der Waals surface area contributed by atoms with E-state index in [1.807, 2.05) is 23.6 Å². The van der Waals surface area contributed by atoms with Crippen LogP contribution in [0, 0.1) is 0 Å². The van der Waals surface area contributed by atoms with Crippen molar-refractivity contribution in [2.24, 2.45) is 0 Å². The van der Waals surface area contributed by atoms with E-state index in [1.165, 1.54) is 47.8 Å². The second kappa shape index (κ2) is 5.91. The number of benzene rings is 3. The Balaban J connectivity index is 1.70. The van der Waals surface area contributed by atoms with Gasteiger partial charge in [-0.15, -0.1) is 11.3 Å². The lowest BCUT2D eigenvalue weighted by Crippen LogP contribution is -1.93. The summed E-state index contributed by atoms with van der Waals surface area (Å²) in [6, 6.07) is 26.5. The van der Waals surface area contributed by atoms with E-state index in [9.17, 15) is 0 Å². The van der Waals surface area contributed by atoms with Gasteiger partial charge in [-0.05, 0) is 60.5 Å². The minimum atomic E-state index is 1.05. The molecule has 134 valence electrons. The maximum absolute atomic E-state index is 4.58. The van der Waals surface area contributed by atoms with Gasteiger partial charge in [0, 0.05) is 32.7 Å². The lowest BCUT2D eigenvalue weighted by atomic mass is 10.1. The van der Waals surface area contributed by atoms with Gasteiger partial charge in [0.25, 0.3) is 0 Å². The Morgan fingerprint density at radius 1 is 0.786 bits per heavy atom. The van der Waals surface area contributed by atoms with Crippen LogP contribution in [0.5, 0.6) is 0 Å². The van der Waals surface area contributed by atoms with Crippen LogP contribution in [0.4, 0.5) is 0 Å². The molecule has 0 unspecified atom stereocenters. The van der Waals surface area contributed by atoms with Crippen LogP contribution >= 0.6 is 11.3 Å². The Labute approximate surface area is 166 Å². The van der Waals surface area contributed by atoms with E-state index in [-0.39, 0.29) is 0 Å². The van der Waals surface area contributed by atoms with Gasteiger partial charge in [0.15, 0.2) is 0 Å². The van der Waals surface area contributed by atoms with Gasteiger partial charge in [0.1, 0.15) is 0 Å². The number of hydrogen-bond acceptors (Lipinski definition) is 2. The molecule has 0 saturated carbocycles. The van der Waals surface area contributed by atoms with E-state index >= 15 is 0 Å². The molecule has 0 aliphatic carbocycles. The molecule has 28 heavy (non-hydrogen) atoms. The van der Waals surface area contributed by atoms with E-state index in [2.05, 4.69) is 83.2 Å². The van der Waals surface area contributed by atoms with Crippen molar-refractivity contribution in [3.05, 3.63) is 84.6 Å². The zero-order valence-electron chi connectivity index (χ0n) is 15.5. The van der Waals surface area contributed by atoms with Crippen molar-refractivity contribution >= 4 is 53.4 Å². The first-order valence-corrected chi connectivity index (χ1v) is 10.4. The smallest absolute Gasteiger partial charge is 0.0888 e. The van der Waals surface area contributed by atoms with Crippen LogP contribution in [0.1, 0.15) is 12.5 Å². The van der Waals surface area contributed by atoms with Crippen LogP contribution in [-0.2, 0) is 6.42 Å². The highest BCUT2D eigenvalue weighted by Gasteiger charge is 2.14. The molecule has 3 heterocycles. The van der Waals surface area contributed by atoms with E-state index in [1.54, 1.807) is 0 Å². The summed E-state index contributed by atoms with van der Waals surface area (Å²) < 4.78 is 4.91. The van der Waals surface area contributed by atoms with Gasteiger partial charge in [0.05, 0.1) is 21.3 Å². The lowest BCUT2D eigenvalue weighted by Gasteiger charge is -2.08. The summed E-state index contributed by atoms with van der Waals surface area (Å²) in [6.45, 7) is 2.21. The number of nitrogens with zero attached hydrogens (tertiary/aromatic N) is 2. The number of rotatable bonds is 2. The summed E-state index contributed by atoms with van der Waals surface area (Å²) in [5, 5.41) is 3.87. The maximum Gasteiger partial charge on any atom is 0.0888 e. The largest absolute Gasteiger partial charge is 0.309 e. The van der Waals surface area contributed by atoms with E-state index < -0.39 is 0 Å². The molecule has 0 amide bonds. The average molecular weight is 379 g/mol. The number of thiophene rings is 1. The fraction of sp³-hybridized carbons (Fsp3) is 0.0800. The number of pyridine rings is 1. The molecule has 0 N–H and O–H groups in total. The Morgan fingerprint density at radius 3 is 2.61 bits per heavy atom. The van der Waals surface area contributed by atoms with Crippen molar-refractivity contribution in [2.45, 2.75) is 13.3 Å².